The summed E-state index contributed by atoms with van der Waals surface area (Å²) in [5.41, 5.74) is 11.7. The number of imidazole rings is 1. The predicted octanol–water partition coefficient (Wildman–Crippen LogP) is 10.9. The molecule has 0 saturated carbocycles. The van der Waals surface area contributed by atoms with E-state index in [9.17, 15) is 0 Å². The molecule has 0 spiro atoms. The minimum Gasteiger partial charge on any atom is -0.503 e. The van der Waals surface area contributed by atoms with Crippen LogP contribution in [0.1, 0.15) is 43.0 Å². The van der Waals surface area contributed by atoms with Gasteiger partial charge in [0.05, 0.1) is 11.3 Å². The quantitative estimate of drug-likeness (QED) is 0.131. The number of para-hydroxylation sites is 1. The Hall–Kier alpha value is -5.32. The summed E-state index contributed by atoms with van der Waals surface area (Å²) < 4.78 is 10.9. The van der Waals surface area contributed by atoms with Gasteiger partial charge in [0, 0.05) is 51.9 Å². The predicted molar refractivity (Wildman–Crippen MR) is 203 cm³/mol. The number of rotatable bonds is 3. The molecule has 0 aliphatic carbocycles. The third-order valence-electron chi connectivity index (χ3n) is 10.2. The number of fused-ring (bicyclic) bond motifs is 12. The number of ether oxygens (including phenoxy) is 1. The smallest absolute Gasteiger partial charge is 0.503 e. The van der Waals surface area contributed by atoms with Crippen molar-refractivity contribution >= 4 is 65.7 Å². The molecule has 0 amide bonds. The Morgan fingerprint density at radius 1 is 0.686 bits per heavy atom. The second-order valence-electron chi connectivity index (χ2n) is 14.6. The van der Waals surface area contributed by atoms with Crippen molar-refractivity contribution in [3.63, 3.8) is 0 Å². The monoisotopic (exact) mass is 842 g/mol. The Bertz CT molecular complexity index is 3020. The van der Waals surface area contributed by atoms with E-state index in [1.54, 1.807) is 0 Å². The first kappa shape index (κ1) is 31.6. The SMILES string of the molecule is Cc1cc(C)c(-c2cn3c(n2)c2[c-]c(Oc4[c-]c5c(cc4)c4cccc6c7c(C(C)(C)C)ccnc7n5c46)ccc2c2cccnc23)c(C)c1.[Pt+2]. The summed E-state index contributed by atoms with van der Waals surface area (Å²) in [6.07, 6.45) is 5.86. The molecule has 0 fully saturated rings. The van der Waals surface area contributed by atoms with Crippen molar-refractivity contribution in [2.75, 3.05) is 0 Å². The van der Waals surface area contributed by atoms with Crippen LogP contribution in [0, 0.1) is 32.9 Å². The largest absolute Gasteiger partial charge is 2.00 e. The van der Waals surface area contributed by atoms with E-state index in [-0.39, 0.29) is 26.5 Å². The van der Waals surface area contributed by atoms with E-state index < -0.39 is 0 Å². The Morgan fingerprint density at radius 2 is 1.39 bits per heavy atom. The molecule has 250 valence electrons. The molecular formula is C44H33N5OPt. The number of aryl methyl sites for hydroxylation is 3. The topological polar surface area (TPSA) is 56.7 Å². The fourth-order valence-corrected chi connectivity index (χ4v) is 8.23. The molecule has 0 unspecified atom stereocenters. The van der Waals surface area contributed by atoms with E-state index in [4.69, 9.17) is 19.7 Å². The van der Waals surface area contributed by atoms with Crippen LogP contribution in [0.2, 0.25) is 0 Å². The van der Waals surface area contributed by atoms with Crippen LogP contribution in [0.15, 0.2) is 91.4 Å². The minimum absolute atomic E-state index is 0. The second-order valence-corrected chi connectivity index (χ2v) is 14.6. The van der Waals surface area contributed by atoms with Crippen LogP contribution in [0.3, 0.4) is 0 Å². The third kappa shape index (κ3) is 4.55. The van der Waals surface area contributed by atoms with E-state index in [0.717, 1.165) is 55.3 Å². The van der Waals surface area contributed by atoms with E-state index in [1.807, 2.05) is 30.6 Å². The third-order valence-corrected chi connectivity index (χ3v) is 10.2. The van der Waals surface area contributed by atoms with Crippen LogP contribution in [0.5, 0.6) is 11.5 Å². The van der Waals surface area contributed by atoms with Crippen LogP contribution in [0.4, 0.5) is 0 Å². The summed E-state index contributed by atoms with van der Waals surface area (Å²) in [6.45, 7) is 13.2. The number of pyridine rings is 3. The molecule has 51 heavy (non-hydrogen) atoms. The fourth-order valence-electron chi connectivity index (χ4n) is 8.23. The Balaban J connectivity index is 0.00000348. The van der Waals surface area contributed by atoms with Gasteiger partial charge in [0.1, 0.15) is 11.3 Å². The molecule has 6 aromatic heterocycles. The van der Waals surface area contributed by atoms with Gasteiger partial charge in [-0.25, -0.2) is 9.97 Å². The van der Waals surface area contributed by atoms with Gasteiger partial charge in [-0.2, -0.15) is 6.07 Å². The molecule has 6 heterocycles. The molecule has 0 atom stereocenters. The number of benzene rings is 4. The van der Waals surface area contributed by atoms with E-state index in [0.29, 0.717) is 11.5 Å². The van der Waals surface area contributed by atoms with Crippen molar-refractivity contribution in [1.82, 2.24) is 23.8 Å². The Kier molecular flexibility index (Phi) is 6.88. The summed E-state index contributed by atoms with van der Waals surface area (Å²) in [6, 6.07) is 32.6. The van der Waals surface area contributed by atoms with E-state index >= 15 is 0 Å². The van der Waals surface area contributed by atoms with Gasteiger partial charge in [0.15, 0.2) is 0 Å². The molecule has 0 saturated heterocycles. The molecule has 10 rings (SSSR count). The summed E-state index contributed by atoms with van der Waals surface area (Å²) in [4.78, 5) is 14.9. The van der Waals surface area contributed by atoms with Crippen LogP contribution >= 0.6 is 0 Å². The van der Waals surface area contributed by atoms with Gasteiger partial charge >= 0.3 is 21.1 Å². The van der Waals surface area contributed by atoms with Crippen LogP contribution in [-0.2, 0) is 26.5 Å². The maximum atomic E-state index is 6.58. The average molecular weight is 843 g/mol. The maximum Gasteiger partial charge on any atom is 2.00 e. The number of hydrogen-bond donors (Lipinski definition) is 0. The molecule has 0 radical (unpaired) electrons. The molecule has 10 aromatic rings. The second kappa shape index (κ2) is 11.1. The first-order chi connectivity index (χ1) is 24.2. The zero-order valence-corrected chi connectivity index (χ0v) is 31.4. The maximum absolute atomic E-state index is 6.58. The molecule has 0 bridgehead atoms. The number of nitrogens with zero attached hydrogens (tertiary/aromatic N) is 5. The molecule has 0 aliphatic rings. The van der Waals surface area contributed by atoms with Gasteiger partial charge in [-0.05, 0) is 65.8 Å². The van der Waals surface area contributed by atoms with Crippen molar-refractivity contribution in [3.05, 3.63) is 126 Å². The van der Waals surface area contributed by atoms with Gasteiger partial charge in [0.2, 0.25) is 0 Å². The molecule has 7 heteroatoms. The summed E-state index contributed by atoms with van der Waals surface area (Å²) in [7, 11) is 0. The summed E-state index contributed by atoms with van der Waals surface area (Å²) >= 11 is 0. The zero-order chi connectivity index (χ0) is 34.1. The standard InChI is InChI=1S/C44H33N5O.Pt/c1-24-19-25(2)38(26(3)20-24)36-23-48-41-32(11-8-17-45-41)29-14-12-27(21-34(29)42(48)47-36)50-28-13-15-30-31-9-7-10-33-39-35(44(4,5)6)16-18-46-43(39)49(40(31)33)37(30)22-28;/h7-20,23H,1-6H3;/q-2;+2. The van der Waals surface area contributed by atoms with Gasteiger partial charge in [0.25, 0.3) is 0 Å². The minimum atomic E-state index is -0.0286. The van der Waals surface area contributed by atoms with Crippen LogP contribution < -0.4 is 4.74 Å². The average Bonchev–Trinajstić information content (AvgIpc) is 3.77. The fraction of sp³-hybridized carbons (Fsp3) is 0.159. The molecule has 0 N–H and O–H groups in total. The van der Waals surface area contributed by atoms with Crippen molar-refractivity contribution < 1.29 is 25.8 Å². The van der Waals surface area contributed by atoms with Crippen molar-refractivity contribution in [2.24, 2.45) is 0 Å². The van der Waals surface area contributed by atoms with Gasteiger partial charge in [-0.15, -0.1) is 29.7 Å². The molecular weight excluding hydrogens is 810 g/mol. The van der Waals surface area contributed by atoms with Crippen LogP contribution in [0.25, 0.3) is 76.9 Å². The van der Waals surface area contributed by atoms with Crippen molar-refractivity contribution in [3.8, 4) is 22.8 Å². The molecule has 0 aliphatic heterocycles. The van der Waals surface area contributed by atoms with Crippen molar-refractivity contribution in [2.45, 2.75) is 47.0 Å². The van der Waals surface area contributed by atoms with Gasteiger partial charge < -0.3 is 13.5 Å². The Labute approximate surface area is 309 Å². The van der Waals surface area contributed by atoms with Crippen LogP contribution in [-0.4, -0.2) is 23.8 Å². The number of aromatic nitrogens is 5. The van der Waals surface area contributed by atoms with Gasteiger partial charge in [-0.3, -0.25) is 4.98 Å². The summed E-state index contributed by atoms with van der Waals surface area (Å²) in [5, 5.41) is 7.66. The molecule has 6 nitrogen and oxygen atoms in total. The van der Waals surface area contributed by atoms with Crippen molar-refractivity contribution in [1.29, 1.82) is 0 Å². The van der Waals surface area contributed by atoms with E-state index in [2.05, 4.69) is 123 Å². The zero-order valence-electron chi connectivity index (χ0n) is 29.1. The normalized spacial score (nSPS) is 12.4. The molecule has 4 aromatic carbocycles. The Morgan fingerprint density at radius 3 is 2.18 bits per heavy atom. The van der Waals surface area contributed by atoms with Gasteiger partial charge in [-0.1, -0.05) is 85.1 Å². The first-order valence-electron chi connectivity index (χ1n) is 17.0. The number of hydrogen-bond acceptors (Lipinski definition) is 4. The van der Waals surface area contributed by atoms with E-state index in [1.165, 1.54) is 43.9 Å². The summed E-state index contributed by atoms with van der Waals surface area (Å²) in [5.74, 6) is 1.21. The first-order valence-corrected chi connectivity index (χ1v) is 17.0.